The van der Waals surface area contributed by atoms with E-state index >= 15 is 0 Å². The van der Waals surface area contributed by atoms with Crippen LogP contribution in [-0.4, -0.2) is 19.5 Å². The minimum absolute atomic E-state index is 0.468. The molecule has 0 aliphatic rings. The van der Waals surface area contributed by atoms with Gasteiger partial charge in [-0.2, -0.15) is 0 Å². The van der Waals surface area contributed by atoms with Crippen LogP contribution < -0.4 is 9.47 Å². The van der Waals surface area contributed by atoms with E-state index in [9.17, 15) is 4.79 Å². The topological polar surface area (TPSA) is 35.5 Å². The zero-order valence-electron chi connectivity index (χ0n) is 13.1. The van der Waals surface area contributed by atoms with Crippen LogP contribution in [0.25, 0.3) is 0 Å². The fraction of sp³-hybridized carbons (Fsp3) is 0.316. The number of aldehydes is 1. The quantitative estimate of drug-likeness (QED) is 0.533. The summed E-state index contributed by atoms with van der Waals surface area (Å²) in [5.74, 6) is 2.15. The van der Waals surface area contributed by atoms with Gasteiger partial charge in [0.05, 0.1) is 0 Å². The maximum Gasteiger partial charge on any atom is 0.150 e. The highest BCUT2D eigenvalue weighted by atomic mass is 16.5. The molecule has 22 heavy (non-hydrogen) atoms. The summed E-state index contributed by atoms with van der Waals surface area (Å²) in [5, 5.41) is 0. The molecule has 3 heteroatoms. The SMILES string of the molecule is CC[C@H](C)c1ccccc1OCCOc1ccc(C=O)cc1. The first-order chi connectivity index (χ1) is 10.7. The first kappa shape index (κ1) is 16.1. The third-order valence-corrected chi connectivity index (χ3v) is 3.69. The number of carbonyl (C=O) groups is 1. The first-order valence-electron chi connectivity index (χ1n) is 7.64. The molecule has 0 N–H and O–H groups in total. The largest absolute Gasteiger partial charge is 0.490 e. The lowest BCUT2D eigenvalue weighted by Crippen LogP contribution is -2.10. The molecular formula is C19H22O3. The maximum atomic E-state index is 10.6. The van der Waals surface area contributed by atoms with Crippen molar-refractivity contribution in [3.05, 3.63) is 59.7 Å². The van der Waals surface area contributed by atoms with Gasteiger partial charge in [0, 0.05) is 5.56 Å². The molecule has 2 aromatic rings. The monoisotopic (exact) mass is 298 g/mol. The molecule has 0 radical (unpaired) electrons. The van der Waals surface area contributed by atoms with Crippen LogP contribution >= 0.6 is 0 Å². The normalized spacial score (nSPS) is 11.7. The Balaban J connectivity index is 1.84. The van der Waals surface area contributed by atoms with E-state index in [0.717, 1.165) is 24.2 Å². The number of rotatable bonds is 8. The molecule has 1 atom stereocenters. The van der Waals surface area contributed by atoms with Crippen LogP contribution in [-0.2, 0) is 0 Å². The van der Waals surface area contributed by atoms with Crippen LogP contribution in [0.2, 0.25) is 0 Å². The van der Waals surface area contributed by atoms with Crippen molar-refractivity contribution in [1.29, 1.82) is 0 Å². The van der Waals surface area contributed by atoms with Crippen LogP contribution in [0.15, 0.2) is 48.5 Å². The molecule has 0 saturated carbocycles. The highest BCUT2D eigenvalue weighted by Crippen LogP contribution is 2.28. The first-order valence-corrected chi connectivity index (χ1v) is 7.64. The lowest BCUT2D eigenvalue weighted by molar-refractivity contribution is 0.112. The van der Waals surface area contributed by atoms with Crippen molar-refractivity contribution in [2.75, 3.05) is 13.2 Å². The third-order valence-electron chi connectivity index (χ3n) is 3.69. The summed E-state index contributed by atoms with van der Waals surface area (Å²) in [6, 6.07) is 15.2. The Bertz CT molecular complexity index is 590. The molecule has 0 amide bonds. The number of para-hydroxylation sites is 1. The zero-order chi connectivity index (χ0) is 15.8. The second kappa shape index (κ2) is 8.23. The minimum atomic E-state index is 0.468. The molecule has 0 bridgehead atoms. The van der Waals surface area contributed by atoms with Gasteiger partial charge in [-0.15, -0.1) is 0 Å². The van der Waals surface area contributed by atoms with Gasteiger partial charge in [-0.3, -0.25) is 4.79 Å². The van der Waals surface area contributed by atoms with Gasteiger partial charge in [0.1, 0.15) is 31.0 Å². The smallest absolute Gasteiger partial charge is 0.150 e. The van der Waals surface area contributed by atoms with E-state index in [2.05, 4.69) is 19.9 Å². The van der Waals surface area contributed by atoms with Crippen LogP contribution in [0.4, 0.5) is 0 Å². The molecule has 0 saturated heterocycles. The van der Waals surface area contributed by atoms with E-state index in [1.54, 1.807) is 24.3 Å². The maximum absolute atomic E-state index is 10.6. The predicted octanol–water partition coefficient (Wildman–Crippen LogP) is 4.47. The third kappa shape index (κ3) is 4.35. The minimum Gasteiger partial charge on any atom is -0.490 e. The molecule has 116 valence electrons. The Kier molecular flexibility index (Phi) is 6.01. The van der Waals surface area contributed by atoms with Gasteiger partial charge in [-0.25, -0.2) is 0 Å². The van der Waals surface area contributed by atoms with Gasteiger partial charge in [0.2, 0.25) is 0 Å². The lowest BCUT2D eigenvalue weighted by atomic mass is 9.98. The molecule has 0 spiro atoms. The van der Waals surface area contributed by atoms with Crippen molar-refractivity contribution in [1.82, 2.24) is 0 Å². The Morgan fingerprint density at radius 2 is 1.68 bits per heavy atom. The summed E-state index contributed by atoms with van der Waals surface area (Å²) in [6.45, 7) is 5.33. The molecule has 0 heterocycles. The van der Waals surface area contributed by atoms with E-state index in [0.29, 0.717) is 24.7 Å². The zero-order valence-corrected chi connectivity index (χ0v) is 13.1. The molecule has 0 aliphatic carbocycles. The highest BCUT2D eigenvalue weighted by molar-refractivity contribution is 5.74. The van der Waals surface area contributed by atoms with E-state index < -0.39 is 0 Å². The van der Waals surface area contributed by atoms with Gasteiger partial charge in [-0.1, -0.05) is 32.0 Å². The number of hydrogen-bond donors (Lipinski definition) is 0. The fourth-order valence-corrected chi connectivity index (χ4v) is 2.19. The van der Waals surface area contributed by atoms with Crippen molar-refractivity contribution >= 4 is 6.29 Å². The molecule has 0 aromatic heterocycles. The standard InChI is InChI=1S/C19H22O3/c1-3-15(2)18-6-4-5-7-19(18)22-13-12-21-17-10-8-16(14-20)9-11-17/h4-11,14-15H,3,12-13H2,1-2H3/t15-/m0/s1. The molecule has 0 fully saturated rings. The molecule has 2 aromatic carbocycles. The van der Waals surface area contributed by atoms with E-state index in [1.165, 1.54) is 5.56 Å². The number of benzene rings is 2. The van der Waals surface area contributed by atoms with Gasteiger partial charge >= 0.3 is 0 Å². The average molecular weight is 298 g/mol. The summed E-state index contributed by atoms with van der Waals surface area (Å²) in [7, 11) is 0. The van der Waals surface area contributed by atoms with Crippen molar-refractivity contribution in [3.8, 4) is 11.5 Å². The van der Waals surface area contributed by atoms with Gasteiger partial charge < -0.3 is 9.47 Å². The average Bonchev–Trinajstić information content (AvgIpc) is 2.59. The summed E-state index contributed by atoms with van der Waals surface area (Å²) < 4.78 is 11.5. The molecule has 2 rings (SSSR count). The van der Waals surface area contributed by atoms with E-state index in [1.807, 2.05) is 18.2 Å². The molecule has 0 unspecified atom stereocenters. The lowest BCUT2D eigenvalue weighted by Gasteiger charge is -2.15. The van der Waals surface area contributed by atoms with Crippen LogP contribution in [0.1, 0.15) is 42.1 Å². The highest BCUT2D eigenvalue weighted by Gasteiger charge is 2.09. The Morgan fingerprint density at radius 3 is 2.36 bits per heavy atom. The van der Waals surface area contributed by atoms with Crippen LogP contribution in [0, 0.1) is 0 Å². The van der Waals surface area contributed by atoms with Crippen molar-refractivity contribution < 1.29 is 14.3 Å². The second-order valence-electron chi connectivity index (χ2n) is 5.23. The van der Waals surface area contributed by atoms with Gasteiger partial charge in [0.15, 0.2) is 0 Å². The number of ether oxygens (including phenoxy) is 2. The molecule has 3 nitrogen and oxygen atoms in total. The van der Waals surface area contributed by atoms with E-state index in [4.69, 9.17) is 9.47 Å². The Labute approximate surface area is 131 Å². The predicted molar refractivity (Wildman–Crippen MR) is 88.0 cm³/mol. The van der Waals surface area contributed by atoms with E-state index in [-0.39, 0.29) is 0 Å². The van der Waals surface area contributed by atoms with Crippen molar-refractivity contribution in [2.45, 2.75) is 26.2 Å². The van der Waals surface area contributed by atoms with Crippen molar-refractivity contribution in [2.24, 2.45) is 0 Å². The van der Waals surface area contributed by atoms with Crippen LogP contribution in [0.5, 0.6) is 11.5 Å². The van der Waals surface area contributed by atoms with Crippen molar-refractivity contribution in [3.63, 3.8) is 0 Å². The number of carbonyl (C=O) groups excluding carboxylic acids is 1. The summed E-state index contributed by atoms with van der Waals surface area (Å²) in [4.78, 5) is 10.6. The fourth-order valence-electron chi connectivity index (χ4n) is 2.19. The van der Waals surface area contributed by atoms with Crippen LogP contribution in [0.3, 0.4) is 0 Å². The second-order valence-corrected chi connectivity index (χ2v) is 5.23. The Hall–Kier alpha value is -2.29. The summed E-state index contributed by atoms with van der Waals surface area (Å²) in [5.41, 5.74) is 1.88. The Morgan fingerprint density at radius 1 is 1.00 bits per heavy atom. The number of hydrogen-bond acceptors (Lipinski definition) is 3. The summed E-state index contributed by atoms with van der Waals surface area (Å²) >= 11 is 0. The molecule has 0 aliphatic heterocycles. The summed E-state index contributed by atoms with van der Waals surface area (Å²) in [6.07, 6.45) is 1.90. The molecular weight excluding hydrogens is 276 g/mol. The van der Waals surface area contributed by atoms with Gasteiger partial charge in [0.25, 0.3) is 0 Å². The van der Waals surface area contributed by atoms with Gasteiger partial charge in [-0.05, 0) is 48.2 Å².